The molecule has 0 heterocycles. The Morgan fingerprint density at radius 2 is 0.833 bits per heavy atom. The Morgan fingerprint density at radius 3 is 1.56 bits per heavy atom. The summed E-state index contributed by atoms with van der Waals surface area (Å²) in [5.74, 6) is 9.51. The van der Waals surface area contributed by atoms with Gasteiger partial charge in [0.25, 0.3) is 0 Å². The minimum absolute atomic E-state index is 1.17. The van der Waals surface area contributed by atoms with Crippen molar-refractivity contribution in [1.29, 1.82) is 0 Å². The van der Waals surface area contributed by atoms with Crippen molar-refractivity contribution < 1.29 is 0 Å². The third-order valence-corrected chi connectivity index (χ3v) is 8.09. The van der Waals surface area contributed by atoms with Gasteiger partial charge in [0.05, 0.1) is 0 Å². The normalized spacial score (nSPS) is 61.3. The summed E-state index contributed by atoms with van der Waals surface area (Å²) in [5.41, 5.74) is 0. The average Bonchev–Trinajstić information content (AvgIpc) is 2.91. The monoisotopic (exact) mass is 244 g/mol. The van der Waals surface area contributed by atoms with E-state index in [2.05, 4.69) is 0 Å². The van der Waals surface area contributed by atoms with Gasteiger partial charge in [-0.05, 0) is 92.3 Å². The van der Waals surface area contributed by atoms with E-state index < -0.39 is 0 Å². The molecule has 0 spiro atoms. The summed E-state index contributed by atoms with van der Waals surface area (Å²) in [6, 6.07) is 0. The molecule has 0 aromatic rings. The van der Waals surface area contributed by atoms with E-state index in [-0.39, 0.29) is 0 Å². The summed E-state index contributed by atoms with van der Waals surface area (Å²) in [7, 11) is 0. The first-order valence-electron chi connectivity index (χ1n) is 8.92. The fourth-order valence-electron chi connectivity index (χ4n) is 7.75. The van der Waals surface area contributed by atoms with Crippen LogP contribution in [0.1, 0.15) is 64.2 Å². The molecule has 0 bridgehead atoms. The van der Waals surface area contributed by atoms with Crippen LogP contribution in [0.25, 0.3) is 0 Å². The van der Waals surface area contributed by atoms with Gasteiger partial charge in [-0.2, -0.15) is 0 Å². The zero-order valence-corrected chi connectivity index (χ0v) is 11.7. The topological polar surface area (TPSA) is 0 Å². The smallest absolute Gasteiger partial charge is 0.0318 e. The van der Waals surface area contributed by atoms with Crippen LogP contribution in [0.3, 0.4) is 0 Å². The Morgan fingerprint density at radius 1 is 0.389 bits per heavy atom. The fraction of sp³-hybridized carbons (Fsp3) is 1.00. The molecule has 8 unspecified atom stereocenters. The summed E-state index contributed by atoms with van der Waals surface area (Å²) in [6.45, 7) is 0. The molecule has 0 N–H and O–H groups in total. The number of hydrogen-bond acceptors (Lipinski definition) is 0. The van der Waals surface area contributed by atoms with E-state index in [1.807, 2.05) is 0 Å². The predicted molar refractivity (Wildman–Crippen MR) is 74.1 cm³/mol. The molecule has 0 aliphatic heterocycles. The van der Waals surface area contributed by atoms with Crippen LogP contribution in [0, 0.1) is 47.3 Å². The van der Waals surface area contributed by atoms with Crippen LogP contribution >= 0.6 is 0 Å². The molecular weight excluding hydrogens is 216 g/mol. The lowest BCUT2D eigenvalue weighted by atomic mass is 9.62. The first-order chi connectivity index (χ1) is 8.92. The summed E-state index contributed by atoms with van der Waals surface area (Å²) in [5, 5.41) is 0. The Bertz CT molecular complexity index is 346. The van der Waals surface area contributed by atoms with Crippen molar-refractivity contribution in [2.24, 2.45) is 47.3 Å². The van der Waals surface area contributed by atoms with Gasteiger partial charge in [0.1, 0.15) is 0 Å². The lowest BCUT2D eigenvalue weighted by Crippen LogP contribution is -2.37. The minimum atomic E-state index is 1.17. The average molecular weight is 244 g/mol. The van der Waals surface area contributed by atoms with Crippen molar-refractivity contribution in [3.05, 3.63) is 0 Å². The Hall–Kier alpha value is 0. The Balaban J connectivity index is 1.58. The molecular formula is C18H28. The van der Waals surface area contributed by atoms with Crippen LogP contribution in [-0.4, -0.2) is 0 Å². The van der Waals surface area contributed by atoms with Gasteiger partial charge in [0.15, 0.2) is 0 Å². The highest BCUT2D eigenvalue weighted by Crippen LogP contribution is 2.65. The Labute approximate surface area is 112 Å². The quantitative estimate of drug-likeness (QED) is 0.569. The van der Waals surface area contributed by atoms with Gasteiger partial charge in [0, 0.05) is 0 Å². The molecule has 0 amide bonds. The van der Waals surface area contributed by atoms with Crippen molar-refractivity contribution >= 4 is 0 Å². The summed E-state index contributed by atoms with van der Waals surface area (Å²) in [4.78, 5) is 0. The van der Waals surface area contributed by atoms with E-state index in [0.29, 0.717) is 0 Å². The predicted octanol–water partition coefficient (Wildman–Crippen LogP) is 4.89. The first-order valence-corrected chi connectivity index (χ1v) is 8.92. The van der Waals surface area contributed by atoms with E-state index in [4.69, 9.17) is 0 Å². The first kappa shape index (κ1) is 10.7. The second kappa shape index (κ2) is 3.76. The van der Waals surface area contributed by atoms with Crippen molar-refractivity contribution in [2.75, 3.05) is 0 Å². The molecule has 5 fully saturated rings. The molecule has 18 heavy (non-hydrogen) atoms. The van der Waals surface area contributed by atoms with Crippen molar-refractivity contribution in [2.45, 2.75) is 64.2 Å². The molecule has 0 radical (unpaired) electrons. The molecule has 0 nitrogen and oxygen atoms in total. The lowest BCUT2D eigenvalue weighted by Gasteiger charge is -2.43. The van der Waals surface area contributed by atoms with E-state index in [9.17, 15) is 0 Å². The summed E-state index contributed by atoms with van der Waals surface area (Å²) < 4.78 is 0. The largest absolute Gasteiger partial charge is 0.0528 e. The van der Waals surface area contributed by atoms with E-state index in [1.165, 1.54) is 47.3 Å². The van der Waals surface area contributed by atoms with Gasteiger partial charge >= 0.3 is 0 Å². The van der Waals surface area contributed by atoms with Crippen molar-refractivity contribution in [1.82, 2.24) is 0 Å². The molecule has 100 valence electrons. The number of rotatable bonds is 0. The Kier molecular flexibility index (Phi) is 2.25. The van der Waals surface area contributed by atoms with Gasteiger partial charge < -0.3 is 0 Å². The van der Waals surface area contributed by atoms with Gasteiger partial charge in [-0.1, -0.05) is 19.3 Å². The van der Waals surface area contributed by atoms with Gasteiger partial charge in [-0.15, -0.1) is 0 Å². The van der Waals surface area contributed by atoms with Crippen LogP contribution in [0.5, 0.6) is 0 Å². The van der Waals surface area contributed by atoms with Crippen LogP contribution in [0.4, 0.5) is 0 Å². The third-order valence-electron chi connectivity index (χ3n) is 8.09. The molecule has 0 saturated heterocycles. The maximum absolute atomic E-state index is 1.65. The van der Waals surface area contributed by atoms with E-state index in [0.717, 1.165) is 0 Å². The molecule has 0 aromatic heterocycles. The third kappa shape index (κ3) is 1.28. The fourth-order valence-corrected chi connectivity index (χ4v) is 7.75. The van der Waals surface area contributed by atoms with Crippen LogP contribution in [0.15, 0.2) is 0 Å². The molecule has 0 heteroatoms. The highest BCUT2D eigenvalue weighted by molar-refractivity contribution is 5.07. The number of hydrogen-bond donors (Lipinski definition) is 0. The SMILES string of the molecule is C1CC2CCC3CCC4CCC5CC(C1)C2C5C34. The highest BCUT2D eigenvalue weighted by atomic mass is 14.6. The zero-order chi connectivity index (χ0) is 11.7. The zero-order valence-electron chi connectivity index (χ0n) is 11.7. The van der Waals surface area contributed by atoms with Crippen LogP contribution < -0.4 is 0 Å². The van der Waals surface area contributed by atoms with Gasteiger partial charge in [-0.25, -0.2) is 0 Å². The molecule has 5 rings (SSSR count). The van der Waals surface area contributed by atoms with Gasteiger partial charge in [-0.3, -0.25) is 0 Å². The van der Waals surface area contributed by atoms with Crippen LogP contribution in [-0.2, 0) is 0 Å². The molecule has 0 aromatic carbocycles. The van der Waals surface area contributed by atoms with Crippen LogP contribution in [0.2, 0.25) is 0 Å². The maximum Gasteiger partial charge on any atom is -0.0318 e. The van der Waals surface area contributed by atoms with Crippen molar-refractivity contribution in [3.63, 3.8) is 0 Å². The molecule has 8 atom stereocenters. The molecule has 5 saturated carbocycles. The van der Waals surface area contributed by atoms with E-state index >= 15 is 0 Å². The summed E-state index contributed by atoms with van der Waals surface area (Å²) >= 11 is 0. The minimum Gasteiger partial charge on any atom is -0.0528 e. The standard InChI is InChI=1S/C18H28/c1-2-11-4-5-12-6-7-13-8-9-15-10-14(3-1)17(11)18(15)16(12)13/h11-18H,1-10H2. The second-order valence-electron chi connectivity index (χ2n) is 8.43. The van der Waals surface area contributed by atoms with E-state index in [1.54, 1.807) is 64.2 Å². The second-order valence-corrected chi connectivity index (χ2v) is 8.43. The maximum atomic E-state index is 1.65. The molecule has 5 aliphatic rings. The van der Waals surface area contributed by atoms with Gasteiger partial charge in [0.2, 0.25) is 0 Å². The lowest BCUT2D eigenvalue weighted by molar-refractivity contribution is 0.0533. The summed E-state index contributed by atoms with van der Waals surface area (Å²) in [6.07, 6.45) is 16.2. The van der Waals surface area contributed by atoms with Crippen molar-refractivity contribution in [3.8, 4) is 0 Å². The highest BCUT2D eigenvalue weighted by Gasteiger charge is 2.57. The molecule has 5 aliphatic carbocycles.